The molecule has 1 heterocycles. The lowest BCUT2D eigenvalue weighted by Gasteiger charge is -2.28. The third kappa shape index (κ3) is 2.64. The van der Waals surface area contributed by atoms with Crippen LogP contribution in [0.2, 0.25) is 0 Å². The number of rotatable bonds is 2. The van der Waals surface area contributed by atoms with Crippen molar-refractivity contribution in [2.75, 3.05) is 12.8 Å². The van der Waals surface area contributed by atoms with Crippen LogP contribution in [0.15, 0.2) is 18.2 Å². The summed E-state index contributed by atoms with van der Waals surface area (Å²) >= 11 is 0. The van der Waals surface area contributed by atoms with E-state index in [2.05, 4.69) is 5.32 Å². The van der Waals surface area contributed by atoms with Gasteiger partial charge in [0.1, 0.15) is 6.04 Å². The van der Waals surface area contributed by atoms with Gasteiger partial charge < -0.3 is 11.1 Å². The van der Waals surface area contributed by atoms with Crippen LogP contribution in [0.5, 0.6) is 0 Å². The molecule has 1 fully saturated rings. The van der Waals surface area contributed by atoms with Crippen molar-refractivity contribution in [3.05, 3.63) is 29.3 Å². The molecule has 6 heteroatoms. The van der Waals surface area contributed by atoms with Gasteiger partial charge in [-0.05, 0) is 37.1 Å². The number of carbonyl (C=O) groups excluding carboxylic acids is 3. The topological polar surface area (TPSA) is 92.5 Å². The predicted octanol–water partition coefficient (Wildman–Crippen LogP) is 0.454. The maximum atomic E-state index is 12.1. The number of nitrogen functional groups attached to an aromatic ring is 1. The summed E-state index contributed by atoms with van der Waals surface area (Å²) in [6.07, 6.45) is 0.593. The number of likely N-dealkylation sites (N-methyl/N-ethyl adjacent to an activating group) is 1. The van der Waals surface area contributed by atoms with Gasteiger partial charge >= 0.3 is 0 Å². The van der Waals surface area contributed by atoms with Crippen LogP contribution in [0.3, 0.4) is 0 Å². The lowest BCUT2D eigenvalue weighted by molar-refractivity contribution is -0.147. The van der Waals surface area contributed by atoms with Crippen molar-refractivity contribution in [3.8, 4) is 0 Å². The van der Waals surface area contributed by atoms with E-state index in [1.165, 1.54) is 7.05 Å². The number of nitrogens with zero attached hydrogens (tertiary/aromatic N) is 1. The second kappa shape index (κ2) is 5.32. The van der Waals surface area contributed by atoms with Crippen molar-refractivity contribution in [2.24, 2.45) is 0 Å². The van der Waals surface area contributed by atoms with Crippen LogP contribution in [0.25, 0.3) is 0 Å². The zero-order valence-electron chi connectivity index (χ0n) is 11.5. The zero-order valence-corrected chi connectivity index (χ0v) is 11.5. The number of amides is 3. The van der Waals surface area contributed by atoms with Gasteiger partial charge in [0.15, 0.2) is 0 Å². The summed E-state index contributed by atoms with van der Waals surface area (Å²) < 4.78 is 0. The van der Waals surface area contributed by atoms with Crippen molar-refractivity contribution in [1.29, 1.82) is 0 Å². The van der Waals surface area contributed by atoms with Crippen molar-refractivity contribution in [3.63, 3.8) is 0 Å². The van der Waals surface area contributed by atoms with Crippen LogP contribution in [-0.2, 0) is 9.59 Å². The number of nitrogens with two attached hydrogens (primary N) is 1. The number of nitrogens with one attached hydrogen (secondary N) is 1. The summed E-state index contributed by atoms with van der Waals surface area (Å²) in [4.78, 5) is 36.4. The molecule has 1 aromatic rings. The molecule has 2 rings (SSSR count). The number of hydrogen-bond donors (Lipinski definition) is 2. The second-order valence-electron chi connectivity index (χ2n) is 4.93. The fraction of sp³-hybridized carbons (Fsp3) is 0.357. The zero-order chi connectivity index (χ0) is 14.9. The molecule has 1 aromatic carbocycles. The molecular weight excluding hydrogens is 258 g/mol. The van der Waals surface area contributed by atoms with Crippen LogP contribution < -0.4 is 11.1 Å². The van der Waals surface area contributed by atoms with Gasteiger partial charge in [-0.2, -0.15) is 0 Å². The van der Waals surface area contributed by atoms with E-state index in [9.17, 15) is 14.4 Å². The van der Waals surface area contributed by atoms with Crippen LogP contribution >= 0.6 is 0 Å². The molecule has 0 aromatic heterocycles. The van der Waals surface area contributed by atoms with Gasteiger partial charge in [-0.3, -0.25) is 19.3 Å². The van der Waals surface area contributed by atoms with Crippen molar-refractivity contribution in [2.45, 2.75) is 25.8 Å². The number of piperidine rings is 1. The molecule has 6 nitrogen and oxygen atoms in total. The second-order valence-corrected chi connectivity index (χ2v) is 4.93. The largest absolute Gasteiger partial charge is 0.399 e. The Bertz CT molecular complexity index is 583. The summed E-state index contributed by atoms with van der Waals surface area (Å²) in [5.74, 6) is -0.931. The Kier molecular flexibility index (Phi) is 3.74. The minimum absolute atomic E-state index is 0.219. The molecule has 20 heavy (non-hydrogen) atoms. The molecule has 1 aliphatic heterocycles. The van der Waals surface area contributed by atoms with E-state index < -0.39 is 6.04 Å². The molecule has 0 radical (unpaired) electrons. The van der Waals surface area contributed by atoms with Gasteiger partial charge in [-0.15, -0.1) is 0 Å². The van der Waals surface area contributed by atoms with Gasteiger partial charge in [0, 0.05) is 24.7 Å². The van der Waals surface area contributed by atoms with Crippen molar-refractivity contribution >= 4 is 23.4 Å². The predicted molar refractivity (Wildman–Crippen MR) is 73.9 cm³/mol. The van der Waals surface area contributed by atoms with E-state index in [-0.39, 0.29) is 24.1 Å². The van der Waals surface area contributed by atoms with Crippen molar-refractivity contribution < 1.29 is 14.4 Å². The molecule has 106 valence electrons. The SMILES string of the molecule is Cc1cc(C(=O)NC2CCC(=O)N(C)C2=O)ccc1N. The third-order valence-corrected chi connectivity index (χ3v) is 3.49. The molecule has 1 aliphatic rings. The quantitative estimate of drug-likeness (QED) is 0.605. The van der Waals surface area contributed by atoms with E-state index in [4.69, 9.17) is 5.73 Å². The average molecular weight is 275 g/mol. The maximum absolute atomic E-state index is 12.1. The molecule has 0 bridgehead atoms. The third-order valence-electron chi connectivity index (χ3n) is 3.49. The number of benzene rings is 1. The molecule has 1 unspecified atom stereocenters. The summed E-state index contributed by atoms with van der Waals surface area (Å²) in [5, 5.41) is 2.66. The van der Waals surface area contributed by atoms with Gasteiger partial charge in [-0.1, -0.05) is 0 Å². The summed E-state index contributed by atoms with van der Waals surface area (Å²) in [7, 11) is 1.43. The van der Waals surface area contributed by atoms with Gasteiger partial charge in [0.05, 0.1) is 0 Å². The monoisotopic (exact) mass is 275 g/mol. The minimum Gasteiger partial charge on any atom is -0.399 e. The highest BCUT2D eigenvalue weighted by Gasteiger charge is 2.32. The highest BCUT2D eigenvalue weighted by Crippen LogP contribution is 2.15. The first kappa shape index (κ1) is 14.0. The van der Waals surface area contributed by atoms with E-state index >= 15 is 0 Å². The van der Waals surface area contributed by atoms with Gasteiger partial charge in [-0.25, -0.2) is 0 Å². The van der Waals surface area contributed by atoms with Crippen LogP contribution in [0.4, 0.5) is 5.69 Å². The van der Waals surface area contributed by atoms with Gasteiger partial charge in [0.25, 0.3) is 11.8 Å². The molecule has 0 spiro atoms. The first-order chi connectivity index (χ1) is 9.40. The molecule has 0 saturated carbocycles. The molecule has 3 N–H and O–H groups in total. The summed E-state index contributed by atoms with van der Waals surface area (Å²) in [6, 6.07) is 4.29. The molecular formula is C14H17N3O3. The lowest BCUT2D eigenvalue weighted by atomic mass is 10.0. The lowest BCUT2D eigenvalue weighted by Crippen LogP contribution is -2.52. The Morgan fingerprint density at radius 1 is 1.40 bits per heavy atom. The summed E-state index contributed by atoms with van der Waals surface area (Å²) in [5.41, 5.74) is 7.56. The Hall–Kier alpha value is -2.37. The Labute approximate surface area is 116 Å². The highest BCUT2D eigenvalue weighted by molar-refractivity contribution is 6.03. The Balaban J connectivity index is 2.09. The fourth-order valence-electron chi connectivity index (χ4n) is 2.11. The van der Waals surface area contributed by atoms with E-state index in [0.717, 1.165) is 10.5 Å². The maximum Gasteiger partial charge on any atom is 0.251 e. The number of anilines is 1. The first-order valence-electron chi connectivity index (χ1n) is 6.37. The van der Waals surface area contributed by atoms with E-state index in [1.807, 2.05) is 6.92 Å². The number of aryl methyl sites for hydroxylation is 1. The number of likely N-dealkylation sites (tertiary alicyclic amines) is 1. The van der Waals surface area contributed by atoms with E-state index in [1.54, 1.807) is 18.2 Å². The molecule has 3 amide bonds. The van der Waals surface area contributed by atoms with Gasteiger partial charge in [0.2, 0.25) is 5.91 Å². The molecule has 1 saturated heterocycles. The fourth-order valence-corrected chi connectivity index (χ4v) is 2.11. The normalized spacial score (nSPS) is 19.1. The number of carbonyl (C=O) groups is 3. The highest BCUT2D eigenvalue weighted by atomic mass is 16.2. The Morgan fingerprint density at radius 3 is 2.75 bits per heavy atom. The smallest absolute Gasteiger partial charge is 0.251 e. The average Bonchev–Trinajstić information content (AvgIpc) is 2.42. The molecule has 0 aliphatic carbocycles. The van der Waals surface area contributed by atoms with Crippen molar-refractivity contribution in [1.82, 2.24) is 10.2 Å². The number of hydrogen-bond acceptors (Lipinski definition) is 4. The summed E-state index contributed by atoms with van der Waals surface area (Å²) in [6.45, 7) is 1.81. The first-order valence-corrected chi connectivity index (χ1v) is 6.37. The number of imide groups is 1. The Morgan fingerprint density at radius 2 is 2.10 bits per heavy atom. The van der Waals surface area contributed by atoms with Crippen LogP contribution in [0, 0.1) is 6.92 Å². The molecule has 1 atom stereocenters. The van der Waals surface area contributed by atoms with Crippen LogP contribution in [0.1, 0.15) is 28.8 Å². The minimum atomic E-state index is -0.650. The standard InChI is InChI=1S/C14H17N3O3/c1-8-7-9(3-4-10(8)15)13(19)16-11-5-6-12(18)17(2)14(11)20/h3-4,7,11H,5-6,15H2,1-2H3,(H,16,19). The van der Waals surface area contributed by atoms with E-state index in [0.29, 0.717) is 17.7 Å². The van der Waals surface area contributed by atoms with Crippen LogP contribution in [-0.4, -0.2) is 35.7 Å².